The van der Waals surface area contributed by atoms with Crippen LogP contribution in [0.15, 0.2) is 30.3 Å². The van der Waals surface area contributed by atoms with Crippen LogP contribution >= 0.6 is 0 Å². The molecule has 0 spiro atoms. The van der Waals surface area contributed by atoms with E-state index in [1.807, 2.05) is 18.2 Å². The van der Waals surface area contributed by atoms with Crippen molar-refractivity contribution < 1.29 is 9.53 Å². The molecule has 2 rings (SSSR count). The maximum absolute atomic E-state index is 12.8. The van der Waals surface area contributed by atoms with Crippen LogP contribution in [0.5, 0.6) is 0 Å². The van der Waals surface area contributed by atoms with Crippen LogP contribution in [0.3, 0.4) is 0 Å². The highest BCUT2D eigenvalue weighted by Gasteiger charge is 2.52. The number of hydrogen-bond acceptors (Lipinski definition) is 3. The van der Waals surface area contributed by atoms with Gasteiger partial charge in [0.05, 0.1) is 5.41 Å². The van der Waals surface area contributed by atoms with E-state index in [9.17, 15) is 4.79 Å². The number of nitrogens with zero attached hydrogens (tertiary/aromatic N) is 1. The molecular formula is C20H31NO2. The van der Waals surface area contributed by atoms with E-state index in [-0.39, 0.29) is 5.97 Å². The summed E-state index contributed by atoms with van der Waals surface area (Å²) in [6, 6.07) is 11.0. The number of rotatable bonds is 7. The Kier molecular flexibility index (Phi) is 5.85. The van der Waals surface area contributed by atoms with E-state index < -0.39 is 5.41 Å². The minimum Gasteiger partial charge on any atom is -0.464 e. The summed E-state index contributed by atoms with van der Waals surface area (Å²) < 4.78 is 5.72. The summed E-state index contributed by atoms with van der Waals surface area (Å²) in [5.74, 6) is 0.304. The lowest BCUT2D eigenvalue weighted by Crippen LogP contribution is -2.51. The van der Waals surface area contributed by atoms with Crippen molar-refractivity contribution in [3.8, 4) is 0 Å². The molecule has 1 aromatic rings. The van der Waals surface area contributed by atoms with Gasteiger partial charge in [0.15, 0.2) is 0 Å². The first kappa shape index (κ1) is 18.0. The number of carbonyl (C=O) groups is 1. The fraction of sp³-hybridized carbons (Fsp3) is 0.650. The molecule has 0 saturated heterocycles. The van der Waals surface area contributed by atoms with Gasteiger partial charge in [0.2, 0.25) is 0 Å². The molecule has 0 aliphatic heterocycles. The van der Waals surface area contributed by atoms with Gasteiger partial charge in [0.25, 0.3) is 0 Å². The van der Waals surface area contributed by atoms with Gasteiger partial charge in [-0.25, -0.2) is 0 Å². The lowest BCUT2D eigenvalue weighted by Gasteiger charge is -2.46. The van der Waals surface area contributed by atoms with Gasteiger partial charge in [-0.05, 0) is 52.0 Å². The van der Waals surface area contributed by atoms with Crippen LogP contribution in [-0.2, 0) is 14.9 Å². The zero-order valence-electron chi connectivity index (χ0n) is 15.2. The quantitative estimate of drug-likeness (QED) is 0.712. The molecule has 0 aromatic heterocycles. The zero-order chi connectivity index (χ0) is 17.0. The zero-order valence-corrected chi connectivity index (χ0v) is 15.2. The van der Waals surface area contributed by atoms with Crippen molar-refractivity contribution >= 4 is 5.97 Å². The third kappa shape index (κ3) is 3.60. The molecule has 1 aliphatic carbocycles. The second-order valence-corrected chi connectivity index (χ2v) is 7.34. The van der Waals surface area contributed by atoms with Crippen molar-refractivity contribution in [3.05, 3.63) is 35.9 Å². The molecule has 1 aromatic carbocycles. The molecule has 0 unspecified atom stereocenters. The highest BCUT2D eigenvalue weighted by atomic mass is 16.5. The Balaban J connectivity index is 2.01. The first-order valence-corrected chi connectivity index (χ1v) is 8.88. The van der Waals surface area contributed by atoms with Gasteiger partial charge in [-0.1, -0.05) is 37.3 Å². The first-order valence-electron chi connectivity index (χ1n) is 8.88. The Morgan fingerprint density at radius 1 is 1.22 bits per heavy atom. The van der Waals surface area contributed by atoms with E-state index >= 15 is 0 Å². The third-order valence-corrected chi connectivity index (χ3v) is 5.38. The van der Waals surface area contributed by atoms with Crippen molar-refractivity contribution in [2.24, 2.45) is 5.92 Å². The van der Waals surface area contributed by atoms with Crippen LogP contribution in [0.25, 0.3) is 0 Å². The van der Waals surface area contributed by atoms with Crippen LogP contribution < -0.4 is 0 Å². The number of carbonyl (C=O) groups excluding carboxylic acids is 1. The minimum absolute atomic E-state index is 0.0464. The van der Waals surface area contributed by atoms with Crippen LogP contribution in [0, 0.1) is 5.92 Å². The Bertz CT molecular complexity index is 504. The summed E-state index contributed by atoms with van der Waals surface area (Å²) in [6.07, 6.45) is 1.99. The average Bonchev–Trinajstić information content (AvgIpc) is 2.50. The smallest absolute Gasteiger partial charge is 0.316 e. The lowest BCUT2D eigenvalue weighted by molar-refractivity contribution is -0.158. The van der Waals surface area contributed by atoms with E-state index in [4.69, 9.17) is 4.74 Å². The summed E-state index contributed by atoms with van der Waals surface area (Å²) in [4.78, 5) is 15.2. The van der Waals surface area contributed by atoms with Gasteiger partial charge in [-0.2, -0.15) is 0 Å². The summed E-state index contributed by atoms with van der Waals surface area (Å²) in [5, 5.41) is 0. The van der Waals surface area contributed by atoms with Crippen LogP contribution in [0.4, 0.5) is 0 Å². The molecular weight excluding hydrogens is 286 g/mol. The SMILES string of the molecule is CC(C)N(CCOC(=O)[C@]1(c2ccccc2)CC[C@H]1C)C(C)C. The molecule has 3 nitrogen and oxygen atoms in total. The van der Waals surface area contributed by atoms with Crippen molar-refractivity contribution in [1.82, 2.24) is 4.90 Å². The largest absolute Gasteiger partial charge is 0.464 e. The van der Waals surface area contributed by atoms with Gasteiger partial charge < -0.3 is 4.74 Å². The minimum atomic E-state index is -0.429. The molecule has 1 fully saturated rings. The number of esters is 1. The fourth-order valence-electron chi connectivity index (χ4n) is 3.79. The normalized spacial score (nSPS) is 24.1. The second kappa shape index (κ2) is 7.48. The van der Waals surface area contributed by atoms with Crippen molar-refractivity contribution in [2.45, 2.75) is 65.0 Å². The van der Waals surface area contributed by atoms with Gasteiger partial charge in [0.1, 0.15) is 6.61 Å². The highest BCUT2D eigenvalue weighted by molar-refractivity contribution is 5.85. The van der Waals surface area contributed by atoms with Crippen molar-refractivity contribution in [1.29, 1.82) is 0 Å². The average molecular weight is 317 g/mol. The first-order chi connectivity index (χ1) is 10.9. The molecule has 1 saturated carbocycles. The maximum Gasteiger partial charge on any atom is 0.316 e. The molecule has 0 amide bonds. The van der Waals surface area contributed by atoms with Crippen molar-refractivity contribution in [2.75, 3.05) is 13.2 Å². The molecule has 0 N–H and O–H groups in total. The molecule has 1 aliphatic rings. The molecule has 2 atom stereocenters. The molecule has 0 radical (unpaired) electrons. The van der Waals surface area contributed by atoms with E-state index in [0.717, 1.165) is 24.9 Å². The molecule has 0 heterocycles. The van der Waals surface area contributed by atoms with E-state index in [2.05, 4.69) is 51.7 Å². The van der Waals surface area contributed by atoms with Gasteiger partial charge in [-0.15, -0.1) is 0 Å². The Morgan fingerprint density at radius 2 is 1.83 bits per heavy atom. The number of benzene rings is 1. The number of ether oxygens (including phenoxy) is 1. The summed E-state index contributed by atoms with van der Waals surface area (Å²) in [7, 11) is 0. The predicted molar refractivity (Wildman–Crippen MR) is 94.5 cm³/mol. The second-order valence-electron chi connectivity index (χ2n) is 7.34. The molecule has 23 heavy (non-hydrogen) atoms. The van der Waals surface area contributed by atoms with E-state index in [0.29, 0.717) is 24.6 Å². The highest BCUT2D eigenvalue weighted by Crippen LogP contribution is 2.49. The van der Waals surface area contributed by atoms with Gasteiger partial charge in [-0.3, -0.25) is 9.69 Å². The van der Waals surface area contributed by atoms with E-state index in [1.54, 1.807) is 0 Å². The standard InChI is InChI=1S/C20H31NO2/c1-15(2)21(16(3)4)13-14-23-19(22)20(12-11-17(20)5)18-9-7-6-8-10-18/h6-10,15-17H,11-14H2,1-5H3/t17-,20-/m1/s1. The predicted octanol–water partition coefficient (Wildman–Crippen LogP) is 4.02. The Labute approximate surface area is 141 Å². The van der Waals surface area contributed by atoms with Crippen LogP contribution in [-0.4, -0.2) is 36.1 Å². The van der Waals surface area contributed by atoms with Gasteiger partial charge in [0, 0.05) is 18.6 Å². The Hall–Kier alpha value is -1.35. The van der Waals surface area contributed by atoms with Crippen LogP contribution in [0.2, 0.25) is 0 Å². The van der Waals surface area contributed by atoms with Crippen molar-refractivity contribution in [3.63, 3.8) is 0 Å². The summed E-state index contributed by atoms with van der Waals surface area (Å²) in [5.41, 5.74) is 0.676. The van der Waals surface area contributed by atoms with Gasteiger partial charge >= 0.3 is 5.97 Å². The fourth-order valence-corrected chi connectivity index (χ4v) is 3.79. The monoisotopic (exact) mass is 317 g/mol. The molecule has 0 bridgehead atoms. The topological polar surface area (TPSA) is 29.5 Å². The third-order valence-electron chi connectivity index (χ3n) is 5.38. The Morgan fingerprint density at radius 3 is 2.26 bits per heavy atom. The number of hydrogen-bond donors (Lipinski definition) is 0. The molecule has 128 valence electrons. The molecule has 3 heteroatoms. The van der Waals surface area contributed by atoms with Crippen LogP contribution in [0.1, 0.15) is 53.0 Å². The van der Waals surface area contributed by atoms with E-state index in [1.165, 1.54) is 0 Å². The maximum atomic E-state index is 12.8. The summed E-state index contributed by atoms with van der Waals surface area (Å²) >= 11 is 0. The summed E-state index contributed by atoms with van der Waals surface area (Å²) in [6.45, 7) is 12.1. The lowest BCUT2D eigenvalue weighted by atomic mass is 9.57.